The van der Waals surface area contributed by atoms with Gasteiger partial charge in [0.1, 0.15) is 0 Å². The van der Waals surface area contributed by atoms with Crippen molar-refractivity contribution in [1.29, 1.82) is 0 Å². The summed E-state index contributed by atoms with van der Waals surface area (Å²) < 4.78 is 193. The number of carboxylic acids is 1. The van der Waals surface area contributed by atoms with Gasteiger partial charge < -0.3 is 5.11 Å². The highest BCUT2D eigenvalue weighted by molar-refractivity contribution is 7.89. The van der Waals surface area contributed by atoms with Crippen molar-refractivity contribution in [3.8, 4) is 0 Å². The molecule has 5 nitrogen and oxygen atoms in total. The van der Waals surface area contributed by atoms with Gasteiger partial charge in [-0.25, -0.2) is 17.5 Å². The molecular formula is C15H16F13NO4S. The van der Waals surface area contributed by atoms with Gasteiger partial charge in [0.05, 0.1) is 5.75 Å². The number of nitrogens with zero attached hydrogens (tertiary/aromatic N) is 1. The number of alkyl halides is 13. The summed E-state index contributed by atoms with van der Waals surface area (Å²) in [6.07, 6.45) is -9.82. The number of carboxylic acid groups (broad SMARTS) is 1. The van der Waals surface area contributed by atoms with Crippen molar-refractivity contribution in [2.75, 3.05) is 19.3 Å². The first-order valence-electron chi connectivity index (χ1n) is 8.50. The van der Waals surface area contributed by atoms with E-state index in [4.69, 9.17) is 5.11 Å². The zero-order valence-electron chi connectivity index (χ0n) is 16.8. The van der Waals surface area contributed by atoms with Gasteiger partial charge in [0.2, 0.25) is 10.0 Å². The SMILES string of the molecule is CC(=CCCN(C)S(=O)(=O)CCC(F)(F)C(F)(F)C(F)(F)C(F)(F)C(F)(F)C(F)(F)F)C(=O)O. The smallest absolute Gasteiger partial charge is 0.460 e. The van der Waals surface area contributed by atoms with Crippen LogP contribution in [-0.4, -0.2) is 78.9 Å². The highest BCUT2D eigenvalue weighted by Crippen LogP contribution is 2.60. The first kappa shape index (κ1) is 32.2. The molecule has 0 aliphatic rings. The van der Waals surface area contributed by atoms with E-state index in [1.54, 1.807) is 0 Å². The second-order valence-electron chi connectivity index (χ2n) is 6.87. The molecule has 0 aromatic rings. The topological polar surface area (TPSA) is 74.7 Å². The van der Waals surface area contributed by atoms with Crippen LogP contribution in [-0.2, 0) is 14.8 Å². The summed E-state index contributed by atoms with van der Waals surface area (Å²) >= 11 is 0. The standard InChI is InChI=1S/C15H16F13NO4S/c1-8(9(30)31)4-3-6-29(2)34(32,33)7-5-10(16,17)11(18,19)12(20,21)13(22,23)14(24,25)15(26,27)28/h4H,3,5-7H2,1-2H3,(H,30,31). The maximum atomic E-state index is 13.7. The maximum absolute atomic E-state index is 13.7. The van der Waals surface area contributed by atoms with E-state index in [1.165, 1.54) is 0 Å². The van der Waals surface area contributed by atoms with Gasteiger partial charge >= 0.3 is 41.8 Å². The Bertz CT molecular complexity index is 881. The molecule has 1 N–H and O–H groups in total. The second-order valence-corrected chi connectivity index (χ2v) is 9.06. The summed E-state index contributed by atoms with van der Waals surface area (Å²) in [7, 11) is -4.37. The minimum absolute atomic E-state index is 0.178. The van der Waals surface area contributed by atoms with Crippen LogP contribution >= 0.6 is 0 Å². The molecule has 0 rings (SSSR count). The number of aliphatic carboxylic acids is 1. The summed E-state index contributed by atoms with van der Waals surface area (Å²) in [5.74, 6) is -41.5. The highest BCUT2D eigenvalue weighted by atomic mass is 32.2. The Morgan fingerprint density at radius 1 is 0.824 bits per heavy atom. The molecule has 0 amide bonds. The Morgan fingerprint density at radius 3 is 1.62 bits per heavy atom. The molecule has 0 atom stereocenters. The molecule has 0 spiro atoms. The minimum Gasteiger partial charge on any atom is -0.478 e. The largest absolute Gasteiger partial charge is 0.478 e. The molecule has 0 aromatic carbocycles. The molecule has 0 unspecified atom stereocenters. The number of sulfonamides is 1. The van der Waals surface area contributed by atoms with E-state index in [1.807, 2.05) is 0 Å². The van der Waals surface area contributed by atoms with Crippen LogP contribution in [0.25, 0.3) is 0 Å². The number of hydrogen-bond acceptors (Lipinski definition) is 3. The molecular weight excluding hydrogens is 537 g/mol. The number of hydrogen-bond donors (Lipinski definition) is 1. The summed E-state index contributed by atoms with van der Waals surface area (Å²) in [4.78, 5) is 10.6. The zero-order chi connectivity index (χ0) is 27.8. The molecule has 34 heavy (non-hydrogen) atoms. The van der Waals surface area contributed by atoms with Gasteiger partial charge in [0.25, 0.3) is 0 Å². The number of rotatable bonds is 12. The van der Waals surface area contributed by atoms with E-state index in [-0.39, 0.29) is 16.3 Å². The first-order valence-corrected chi connectivity index (χ1v) is 10.1. The van der Waals surface area contributed by atoms with Gasteiger partial charge in [-0.05, 0) is 13.3 Å². The fraction of sp³-hybridized carbons (Fsp3) is 0.800. The second kappa shape index (κ2) is 9.69. The Hall–Kier alpha value is -1.79. The molecule has 0 aromatic heterocycles. The fourth-order valence-electron chi connectivity index (χ4n) is 2.06. The summed E-state index contributed by atoms with van der Waals surface area (Å²) in [5.41, 5.74) is -0.282. The van der Waals surface area contributed by atoms with Crippen LogP contribution in [0, 0.1) is 0 Å². The lowest BCUT2D eigenvalue weighted by Gasteiger charge is -2.39. The molecule has 0 saturated carbocycles. The van der Waals surface area contributed by atoms with Crippen LogP contribution in [0.15, 0.2) is 11.6 Å². The van der Waals surface area contributed by atoms with Gasteiger partial charge in [0, 0.05) is 25.6 Å². The van der Waals surface area contributed by atoms with E-state index < -0.39 is 70.5 Å². The van der Waals surface area contributed by atoms with Gasteiger partial charge in [-0.2, -0.15) is 57.1 Å². The van der Waals surface area contributed by atoms with Crippen LogP contribution in [0.5, 0.6) is 0 Å². The van der Waals surface area contributed by atoms with Crippen LogP contribution in [0.4, 0.5) is 57.1 Å². The zero-order valence-corrected chi connectivity index (χ0v) is 17.7. The molecule has 0 saturated heterocycles. The molecule has 0 aliphatic heterocycles. The van der Waals surface area contributed by atoms with Crippen molar-refractivity contribution < 1.29 is 75.4 Å². The Labute approximate surface area is 183 Å². The van der Waals surface area contributed by atoms with Gasteiger partial charge in [0.15, 0.2) is 0 Å². The maximum Gasteiger partial charge on any atom is 0.460 e. The lowest BCUT2D eigenvalue weighted by molar-refractivity contribution is -0.439. The molecule has 0 bridgehead atoms. The highest BCUT2D eigenvalue weighted by Gasteiger charge is 2.90. The lowest BCUT2D eigenvalue weighted by Crippen LogP contribution is -2.70. The van der Waals surface area contributed by atoms with E-state index in [0.717, 1.165) is 13.0 Å². The summed E-state index contributed by atoms with van der Waals surface area (Å²) in [5, 5.41) is 8.60. The first-order chi connectivity index (χ1) is 14.7. The van der Waals surface area contributed by atoms with Crippen molar-refractivity contribution >= 4 is 16.0 Å². The monoisotopic (exact) mass is 553 g/mol. The fourth-order valence-corrected chi connectivity index (χ4v) is 3.27. The van der Waals surface area contributed by atoms with E-state index in [9.17, 15) is 70.3 Å². The van der Waals surface area contributed by atoms with Crippen LogP contribution in [0.2, 0.25) is 0 Å². The minimum atomic E-state index is -8.06. The Morgan fingerprint density at radius 2 is 1.24 bits per heavy atom. The Balaban J connectivity index is 5.78. The number of carbonyl (C=O) groups is 1. The Kier molecular flexibility index (Phi) is 9.18. The van der Waals surface area contributed by atoms with Crippen molar-refractivity contribution in [3.63, 3.8) is 0 Å². The van der Waals surface area contributed by atoms with E-state index in [2.05, 4.69) is 0 Å². The lowest BCUT2D eigenvalue weighted by atomic mass is 9.93. The van der Waals surface area contributed by atoms with Crippen molar-refractivity contribution in [2.45, 2.75) is 55.6 Å². The molecule has 0 heterocycles. The molecule has 19 heteroatoms. The third-order valence-electron chi connectivity index (χ3n) is 4.38. The van der Waals surface area contributed by atoms with Crippen LogP contribution in [0.3, 0.4) is 0 Å². The van der Waals surface area contributed by atoms with Crippen molar-refractivity contribution in [2.24, 2.45) is 0 Å². The predicted molar refractivity (Wildman–Crippen MR) is 87.8 cm³/mol. The average molecular weight is 553 g/mol. The molecule has 0 aliphatic carbocycles. The predicted octanol–water partition coefficient (Wildman–Crippen LogP) is 4.80. The van der Waals surface area contributed by atoms with E-state index in [0.29, 0.717) is 7.05 Å². The number of halogens is 13. The molecule has 202 valence electrons. The third-order valence-corrected chi connectivity index (χ3v) is 6.23. The molecule has 0 fully saturated rings. The van der Waals surface area contributed by atoms with E-state index >= 15 is 0 Å². The van der Waals surface area contributed by atoms with Crippen molar-refractivity contribution in [3.05, 3.63) is 11.6 Å². The van der Waals surface area contributed by atoms with Crippen LogP contribution < -0.4 is 0 Å². The summed E-state index contributed by atoms with van der Waals surface area (Å²) in [6, 6.07) is 0. The van der Waals surface area contributed by atoms with Crippen LogP contribution in [0.1, 0.15) is 19.8 Å². The van der Waals surface area contributed by atoms with Gasteiger partial charge in [-0.3, -0.25) is 0 Å². The normalized spacial score (nSPS) is 15.7. The quantitative estimate of drug-likeness (QED) is 0.279. The molecule has 0 radical (unpaired) electrons. The average Bonchev–Trinajstić information content (AvgIpc) is 2.64. The van der Waals surface area contributed by atoms with Crippen molar-refractivity contribution in [1.82, 2.24) is 4.31 Å². The third kappa shape index (κ3) is 5.88. The van der Waals surface area contributed by atoms with Gasteiger partial charge in [-0.15, -0.1) is 0 Å². The summed E-state index contributed by atoms with van der Waals surface area (Å²) in [6.45, 7) is 0.429. The van der Waals surface area contributed by atoms with Gasteiger partial charge in [-0.1, -0.05) is 6.08 Å².